The van der Waals surface area contributed by atoms with Gasteiger partial charge in [-0.05, 0) is 29.2 Å². The molecule has 1 aromatic carbocycles. The number of nitrogens with two attached hydrogens (primary N) is 1. The average Bonchev–Trinajstić information content (AvgIpc) is 2.68. The molecule has 0 aliphatic carbocycles. The van der Waals surface area contributed by atoms with E-state index in [9.17, 15) is 4.39 Å². The molecule has 84 valence electrons. The van der Waals surface area contributed by atoms with Crippen molar-refractivity contribution in [1.29, 1.82) is 0 Å². The highest BCUT2D eigenvalue weighted by molar-refractivity contribution is 7.10. The predicted octanol–water partition coefficient (Wildman–Crippen LogP) is 2.50. The van der Waals surface area contributed by atoms with Crippen LogP contribution in [0.2, 0.25) is 0 Å². The van der Waals surface area contributed by atoms with E-state index in [1.54, 1.807) is 12.1 Å². The lowest BCUT2D eigenvalue weighted by Gasteiger charge is -2.16. The van der Waals surface area contributed by atoms with Crippen LogP contribution in [0.1, 0.15) is 5.56 Å². The van der Waals surface area contributed by atoms with Crippen molar-refractivity contribution >= 4 is 22.4 Å². The molecule has 3 nitrogen and oxygen atoms in total. The molecule has 0 radical (unpaired) electrons. The minimum absolute atomic E-state index is 0.214. The van der Waals surface area contributed by atoms with Crippen LogP contribution in [0, 0.1) is 5.82 Å². The topological polar surface area (TPSA) is 42.1 Å². The van der Waals surface area contributed by atoms with E-state index < -0.39 is 0 Å². The Morgan fingerprint density at radius 3 is 2.62 bits per heavy atom. The van der Waals surface area contributed by atoms with Gasteiger partial charge < -0.3 is 10.6 Å². The smallest absolute Gasteiger partial charge is 0.139 e. The van der Waals surface area contributed by atoms with Crippen LogP contribution in [0.25, 0.3) is 0 Å². The summed E-state index contributed by atoms with van der Waals surface area (Å²) in [6, 6.07) is 8.30. The molecule has 2 N–H and O–H groups in total. The van der Waals surface area contributed by atoms with Crippen molar-refractivity contribution in [2.45, 2.75) is 6.54 Å². The first-order valence-corrected chi connectivity index (χ1v) is 5.60. The predicted molar refractivity (Wildman–Crippen MR) is 65.0 cm³/mol. The van der Waals surface area contributed by atoms with Gasteiger partial charge in [0.15, 0.2) is 0 Å². The third-order valence-electron chi connectivity index (χ3n) is 2.23. The van der Waals surface area contributed by atoms with Gasteiger partial charge >= 0.3 is 0 Å². The van der Waals surface area contributed by atoms with E-state index in [4.69, 9.17) is 5.73 Å². The summed E-state index contributed by atoms with van der Waals surface area (Å²) in [4.78, 5) is 2.03. The highest BCUT2D eigenvalue weighted by Crippen LogP contribution is 2.23. The Hall–Kier alpha value is -1.62. The molecule has 0 bridgehead atoms. The molecule has 0 unspecified atom stereocenters. The van der Waals surface area contributed by atoms with Gasteiger partial charge in [-0.3, -0.25) is 0 Å². The van der Waals surface area contributed by atoms with Crippen LogP contribution in [0.15, 0.2) is 30.3 Å². The molecule has 0 spiro atoms. The molecule has 2 aromatic rings. The molecule has 0 aliphatic rings. The minimum Gasteiger partial charge on any atom is -0.383 e. The van der Waals surface area contributed by atoms with E-state index >= 15 is 0 Å². The van der Waals surface area contributed by atoms with Gasteiger partial charge in [-0.2, -0.15) is 4.37 Å². The van der Waals surface area contributed by atoms with Crippen molar-refractivity contribution in [2.75, 3.05) is 17.7 Å². The normalized spacial score (nSPS) is 10.4. The fourth-order valence-electron chi connectivity index (χ4n) is 1.40. The van der Waals surface area contributed by atoms with Gasteiger partial charge in [-0.25, -0.2) is 4.39 Å². The zero-order valence-corrected chi connectivity index (χ0v) is 9.67. The molecule has 0 atom stereocenters. The number of halogens is 1. The summed E-state index contributed by atoms with van der Waals surface area (Å²) in [6.45, 7) is 0.710. The number of hydrogen-bond acceptors (Lipinski definition) is 4. The molecule has 5 heteroatoms. The Bertz CT molecular complexity index is 466. The van der Waals surface area contributed by atoms with Gasteiger partial charge in [0.2, 0.25) is 0 Å². The number of nitrogen functional groups attached to an aromatic ring is 1. The van der Waals surface area contributed by atoms with Crippen LogP contribution < -0.4 is 10.6 Å². The molecule has 1 aromatic heterocycles. The van der Waals surface area contributed by atoms with E-state index in [2.05, 4.69) is 4.37 Å². The van der Waals surface area contributed by atoms with E-state index in [0.29, 0.717) is 12.4 Å². The van der Waals surface area contributed by atoms with Gasteiger partial charge in [-0.1, -0.05) is 12.1 Å². The second-order valence-electron chi connectivity index (χ2n) is 3.57. The largest absolute Gasteiger partial charge is 0.383 e. The maximum absolute atomic E-state index is 12.7. The molecule has 16 heavy (non-hydrogen) atoms. The number of nitrogens with zero attached hydrogens (tertiary/aromatic N) is 2. The lowest BCUT2D eigenvalue weighted by molar-refractivity contribution is 0.627. The van der Waals surface area contributed by atoms with Crippen LogP contribution in [0.5, 0.6) is 0 Å². The lowest BCUT2D eigenvalue weighted by Crippen LogP contribution is -2.14. The summed E-state index contributed by atoms with van der Waals surface area (Å²) in [6.07, 6.45) is 0. The van der Waals surface area contributed by atoms with Gasteiger partial charge in [-0.15, -0.1) is 0 Å². The summed E-state index contributed by atoms with van der Waals surface area (Å²) < 4.78 is 16.7. The quantitative estimate of drug-likeness (QED) is 0.891. The molecular formula is C11H12FN3S. The molecular weight excluding hydrogens is 225 g/mol. The van der Waals surface area contributed by atoms with Crippen LogP contribution >= 0.6 is 11.5 Å². The van der Waals surface area contributed by atoms with Crippen molar-refractivity contribution in [3.05, 3.63) is 41.7 Å². The average molecular weight is 237 g/mol. The van der Waals surface area contributed by atoms with Gasteiger partial charge in [0.1, 0.15) is 16.6 Å². The van der Waals surface area contributed by atoms with Crippen molar-refractivity contribution in [3.63, 3.8) is 0 Å². The van der Waals surface area contributed by atoms with E-state index in [0.717, 1.165) is 10.6 Å². The SMILES string of the molecule is CN(Cc1ccc(F)cc1)c1cc(N)ns1. The Balaban J connectivity index is 2.07. The number of aromatic nitrogens is 1. The summed E-state index contributed by atoms with van der Waals surface area (Å²) in [5.41, 5.74) is 6.60. The second-order valence-corrected chi connectivity index (χ2v) is 4.36. The standard InChI is InChI=1S/C11H12FN3S/c1-15(11-6-10(13)14-16-11)7-8-2-4-9(12)5-3-8/h2-6H,7H2,1H3,(H2,13,14). The Labute approximate surface area is 97.5 Å². The van der Waals surface area contributed by atoms with Crippen LogP contribution in [-0.4, -0.2) is 11.4 Å². The van der Waals surface area contributed by atoms with E-state index in [1.165, 1.54) is 23.7 Å². The van der Waals surface area contributed by atoms with E-state index in [-0.39, 0.29) is 5.82 Å². The first-order valence-electron chi connectivity index (χ1n) is 4.83. The third-order valence-corrected chi connectivity index (χ3v) is 3.14. The first kappa shape index (κ1) is 10.9. The molecule has 0 saturated heterocycles. The van der Waals surface area contributed by atoms with Gasteiger partial charge in [0.25, 0.3) is 0 Å². The third kappa shape index (κ3) is 2.49. The van der Waals surface area contributed by atoms with Gasteiger partial charge in [0.05, 0.1) is 0 Å². The molecule has 0 aliphatic heterocycles. The highest BCUT2D eigenvalue weighted by atomic mass is 32.1. The van der Waals surface area contributed by atoms with E-state index in [1.807, 2.05) is 18.0 Å². The van der Waals surface area contributed by atoms with Crippen molar-refractivity contribution in [1.82, 2.24) is 4.37 Å². The molecule has 0 saturated carbocycles. The van der Waals surface area contributed by atoms with Crippen molar-refractivity contribution < 1.29 is 4.39 Å². The Kier molecular flexibility index (Phi) is 3.05. The highest BCUT2D eigenvalue weighted by Gasteiger charge is 2.05. The van der Waals surface area contributed by atoms with Crippen molar-refractivity contribution in [3.8, 4) is 0 Å². The number of anilines is 2. The summed E-state index contributed by atoms with van der Waals surface area (Å²) >= 11 is 1.36. The maximum atomic E-state index is 12.7. The Morgan fingerprint density at radius 2 is 2.06 bits per heavy atom. The van der Waals surface area contributed by atoms with Crippen molar-refractivity contribution in [2.24, 2.45) is 0 Å². The molecule has 1 heterocycles. The van der Waals surface area contributed by atoms with Crippen LogP contribution in [0.4, 0.5) is 15.2 Å². The summed E-state index contributed by atoms with van der Waals surface area (Å²) in [5.74, 6) is 0.319. The molecule has 2 rings (SSSR count). The Morgan fingerprint density at radius 1 is 1.38 bits per heavy atom. The maximum Gasteiger partial charge on any atom is 0.139 e. The minimum atomic E-state index is -0.214. The van der Waals surface area contributed by atoms with Gasteiger partial charge in [0, 0.05) is 19.7 Å². The van der Waals surface area contributed by atoms with Crippen LogP contribution in [0.3, 0.4) is 0 Å². The second kappa shape index (κ2) is 4.49. The number of benzene rings is 1. The fraction of sp³-hybridized carbons (Fsp3) is 0.182. The summed E-state index contributed by atoms with van der Waals surface area (Å²) in [5, 5.41) is 1.00. The monoisotopic (exact) mass is 237 g/mol. The summed E-state index contributed by atoms with van der Waals surface area (Å²) in [7, 11) is 1.95. The molecule has 0 amide bonds. The molecule has 0 fully saturated rings. The zero-order chi connectivity index (χ0) is 11.5. The fourth-order valence-corrected chi connectivity index (χ4v) is 2.03. The first-order chi connectivity index (χ1) is 7.65. The number of rotatable bonds is 3. The zero-order valence-electron chi connectivity index (χ0n) is 8.85. The number of hydrogen-bond donors (Lipinski definition) is 1. The van der Waals surface area contributed by atoms with Crippen LogP contribution in [-0.2, 0) is 6.54 Å². The lowest BCUT2D eigenvalue weighted by atomic mass is 10.2.